The van der Waals surface area contributed by atoms with Crippen molar-refractivity contribution in [1.29, 1.82) is 0 Å². The van der Waals surface area contributed by atoms with E-state index in [0.29, 0.717) is 29.4 Å². The number of hydrogen-bond donors (Lipinski definition) is 2. The SMILES string of the molecule is COc1cc(Cl)cc(CNCc2ccoc2)c1O. The molecular weight excluding hydrogens is 254 g/mol. The number of phenolic OH excluding ortho intramolecular Hbond substituents is 1. The zero-order valence-corrected chi connectivity index (χ0v) is 10.7. The lowest BCUT2D eigenvalue weighted by Gasteiger charge is -2.10. The number of aromatic hydroxyl groups is 1. The zero-order valence-electron chi connectivity index (χ0n) is 9.94. The summed E-state index contributed by atoms with van der Waals surface area (Å²) >= 11 is 5.95. The highest BCUT2D eigenvalue weighted by atomic mass is 35.5. The maximum Gasteiger partial charge on any atom is 0.162 e. The van der Waals surface area contributed by atoms with Gasteiger partial charge in [0.05, 0.1) is 19.6 Å². The van der Waals surface area contributed by atoms with Crippen molar-refractivity contribution in [2.75, 3.05) is 7.11 Å². The molecule has 2 N–H and O–H groups in total. The van der Waals surface area contributed by atoms with E-state index in [1.165, 1.54) is 7.11 Å². The molecular formula is C13H14ClNO3. The van der Waals surface area contributed by atoms with Crippen molar-refractivity contribution in [3.05, 3.63) is 46.9 Å². The molecule has 0 amide bonds. The molecule has 0 aliphatic rings. The van der Waals surface area contributed by atoms with Crippen molar-refractivity contribution < 1.29 is 14.3 Å². The summed E-state index contributed by atoms with van der Waals surface area (Å²) in [5, 5.41) is 13.6. The minimum Gasteiger partial charge on any atom is -0.504 e. The summed E-state index contributed by atoms with van der Waals surface area (Å²) in [6.45, 7) is 1.15. The first-order valence-electron chi connectivity index (χ1n) is 5.48. The van der Waals surface area contributed by atoms with Gasteiger partial charge in [-0.2, -0.15) is 0 Å². The molecule has 0 saturated heterocycles. The van der Waals surface area contributed by atoms with Crippen molar-refractivity contribution in [2.24, 2.45) is 0 Å². The monoisotopic (exact) mass is 267 g/mol. The molecule has 0 atom stereocenters. The molecule has 0 aliphatic carbocycles. The Hall–Kier alpha value is -1.65. The molecule has 1 aromatic heterocycles. The zero-order chi connectivity index (χ0) is 13.0. The standard InChI is InChI=1S/C13H14ClNO3/c1-17-12-5-11(14)4-10(13(12)16)7-15-6-9-2-3-18-8-9/h2-5,8,15-16H,6-7H2,1H3. The van der Waals surface area contributed by atoms with E-state index < -0.39 is 0 Å². The molecule has 5 heteroatoms. The van der Waals surface area contributed by atoms with Crippen molar-refractivity contribution in [3.63, 3.8) is 0 Å². The summed E-state index contributed by atoms with van der Waals surface area (Å²) in [4.78, 5) is 0. The van der Waals surface area contributed by atoms with E-state index in [-0.39, 0.29) is 5.75 Å². The lowest BCUT2D eigenvalue weighted by Crippen LogP contribution is -2.12. The quantitative estimate of drug-likeness (QED) is 0.875. The molecule has 0 aliphatic heterocycles. The third kappa shape index (κ3) is 2.97. The van der Waals surface area contributed by atoms with E-state index in [2.05, 4.69) is 5.32 Å². The van der Waals surface area contributed by atoms with Gasteiger partial charge < -0.3 is 19.6 Å². The molecule has 96 valence electrons. The van der Waals surface area contributed by atoms with Crippen molar-refractivity contribution in [2.45, 2.75) is 13.1 Å². The van der Waals surface area contributed by atoms with Crippen LogP contribution >= 0.6 is 11.6 Å². The summed E-state index contributed by atoms with van der Waals surface area (Å²) in [5.41, 5.74) is 1.74. The number of furan rings is 1. The van der Waals surface area contributed by atoms with Crippen LogP contribution in [0.3, 0.4) is 0 Å². The summed E-state index contributed by atoms with van der Waals surface area (Å²) in [5.74, 6) is 0.490. The van der Waals surface area contributed by atoms with Crippen LogP contribution in [0.2, 0.25) is 5.02 Å². The minimum atomic E-state index is 0.113. The normalized spacial score (nSPS) is 10.6. The molecule has 2 rings (SSSR count). The van der Waals surface area contributed by atoms with E-state index >= 15 is 0 Å². The molecule has 0 radical (unpaired) electrons. The van der Waals surface area contributed by atoms with Crippen LogP contribution in [0.1, 0.15) is 11.1 Å². The maximum atomic E-state index is 9.93. The van der Waals surface area contributed by atoms with Gasteiger partial charge in [0, 0.05) is 35.3 Å². The van der Waals surface area contributed by atoms with E-state index in [1.807, 2.05) is 6.07 Å². The van der Waals surface area contributed by atoms with Gasteiger partial charge in [0.2, 0.25) is 0 Å². The third-order valence-corrected chi connectivity index (χ3v) is 2.78. The molecule has 0 saturated carbocycles. The third-order valence-electron chi connectivity index (χ3n) is 2.56. The average molecular weight is 268 g/mol. The highest BCUT2D eigenvalue weighted by molar-refractivity contribution is 6.30. The molecule has 0 spiro atoms. The highest BCUT2D eigenvalue weighted by Crippen LogP contribution is 2.33. The number of ether oxygens (including phenoxy) is 1. The fraction of sp³-hybridized carbons (Fsp3) is 0.231. The Morgan fingerprint density at radius 2 is 2.22 bits per heavy atom. The van der Waals surface area contributed by atoms with E-state index in [1.54, 1.807) is 24.7 Å². The number of hydrogen-bond acceptors (Lipinski definition) is 4. The molecule has 2 aromatic rings. The predicted molar refractivity (Wildman–Crippen MR) is 68.9 cm³/mol. The fourth-order valence-electron chi connectivity index (χ4n) is 1.65. The lowest BCUT2D eigenvalue weighted by atomic mass is 10.2. The minimum absolute atomic E-state index is 0.113. The van der Waals surface area contributed by atoms with Crippen molar-refractivity contribution in [3.8, 4) is 11.5 Å². The van der Waals surface area contributed by atoms with Crippen molar-refractivity contribution >= 4 is 11.6 Å². The summed E-state index contributed by atoms with van der Waals surface area (Å²) in [7, 11) is 1.49. The molecule has 4 nitrogen and oxygen atoms in total. The summed E-state index contributed by atoms with van der Waals surface area (Å²) in [6, 6.07) is 5.17. The number of phenols is 1. The Bertz CT molecular complexity index is 511. The topological polar surface area (TPSA) is 54.6 Å². The fourth-order valence-corrected chi connectivity index (χ4v) is 1.88. The summed E-state index contributed by atoms with van der Waals surface area (Å²) < 4.78 is 10.0. The van der Waals surface area contributed by atoms with Gasteiger partial charge in [-0.3, -0.25) is 0 Å². The Balaban J connectivity index is 2.02. The van der Waals surface area contributed by atoms with Crippen LogP contribution in [0, 0.1) is 0 Å². The Kier molecular flexibility index (Phi) is 4.12. The Morgan fingerprint density at radius 1 is 1.39 bits per heavy atom. The first kappa shape index (κ1) is 12.8. The number of nitrogens with one attached hydrogen (secondary N) is 1. The van der Waals surface area contributed by atoms with Gasteiger partial charge in [-0.25, -0.2) is 0 Å². The second-order valence-electron chi connectivity index (χ2n) is 3.85. The van der Waals surface area contributed by atoms with E-state index in [0.717, 1.165) is 5.56 Å². The van der Waals surface area contributed by atoms with Crippen LogP contribution < -0.4 is 10.1 Å². The van der Waals surface area contributed by atoms with E-state index in [9.17, 15) is 5.11 Å². The Morgan fingerprint density at radius 3 is 2.89 bits per heavy atom. The van der Waals surface area contributed by atoms with Crippen LogP contribution in [0.15, 0.2) is 35.1 Å². The average Bonchev–Trinajstić information content (AvgIpc) is 2.86. The van der Waals surface area contributed by atoms with Gasteiger partial charge in [0.1, 0.15) is 0 Å². The van der Waals surface area contributed by atoms with Gasteiger partial charge in [-0.1, -0.05) is 11.6 Å². The maximum absolute atomic E-state index is 9.93. The Labute approximate surface area is 110 Å². The smallest absolute Gasteiger partial charge is 0.162 e. The lowest BCUT2D eigenvalue weighted by molar-refractivity contribution is 0.369. The van der Waals surface area contributed by atoms with Crippen LogP contribution in [-0.2, 0) is 13.1 Å². The molecule has 0 fully saturated rings. The number of halogens is 1. The highest BCUT2D eigenvalue weighted by Gasteiger charge is 2.09. The second-order valence-corrected chi connectivity index (χ2v) is 4.29. The molecule has 1 heterocycles. The number of rotatable bonds is 5. The van der Waals surface area contributed by atoms with Gasteiger partial charge in [0.15, 0.2) is 11.5 Å². The second kappa shape index (κ2) is 5.80. The largest absolute Gasteiger partial charge is 0.504 e. The number of methoxy groups -OCH3 is 1. The first-order valence-corrected chi connectivity index (χ1v) is 5.85. The van der Waals surface area contributed by atoms with E-state index in [4.69, 9.17) is 20.8 Å². The van der Waals surface area contributed by atoms with Crippen LogP contribution in [0.4, 0.5) is 0 Å². The van der Waals surface area contributed by atoms with Crippen LogP contribution in [-0.4, -0.2) is 12.2 Å². The number of benzene rings is 1. The van der Waals surface area contributed by atoms with Gasteiger partial charge in [0.25, 0.3) is 0 Å². The first-order chi connectivity index (χ1) is 8.70. The molecule has 0 unspecified atom stereocenters. The van der Waals surface area contributed by atoms with Crippen LogP contribution in [0.25, 0.3) is 0 Å². The van der Waals surface area contributed by atoms with Gasteiger partial charge in [-0.05, 0) is 12.1 Å². The van der Waals surface area contributed by atoms with Gasteiger partial charge in [-0.15, -0.1) is 0 Å². The summed E-state index contributed by atoms with van der Waals surface area (Å²) in [6.07, 6.45) is 3.29. The molecule has 0 bridgehead atoms. The molecule has 1 aromatic carbocycles. The van der Waals surface area contributed by atoms with Gasteiger partial charge >= 0.3 is 0 Å². The molecule has 18 heavy (non-hydrogen) atoms. The van der Waals surface area contributed by atoms with Crippen molar-refractivity contribution in [1.82, 2.24) is 5.32 Å². The predicted octanol–water partition coefficient (Wildman–Crippen LogP) is 2.94. The van der Waals surface area contributed by atoms with Crippen LogP contribution in [0.5, 0.6) is 11.5 Å².